The minimum atomic E-state index is -1.41. The van der Waals surface area contributed by atoms with Crippen molar-refractivity contribution in [1.29, 1.82) is 0 Å². The van der Waals surface area contributed by atoms with Crippen LogP contribution in [-0.4, -0.2) is 37.0 Å². The van der Waals surface area contributed by atoms with Gasteiger partial charge in [-0.2, -0.15) is 0 Å². The molecule has 0 aliphatic rings. The molecule has 1 amide bonds. The van der Waals surface area contributed by atoms with Crippen LogP contribution >= 0.6 is 11.6 Å². The summed E-state index contributed by atoms with van der Waals surface area (Å²) in [5, 5.41) is 12.0. The molecule has 23 heavy (non-hydrogen) atoms. The van der Waals surface area contributed by atoms with E-state index in [0.29, 0.717) is 0 Å². The number of carboxylic acid groups (broad SMARTS) is 1. The van der Waals surface area contributed by atoms with Crippen LogP contribution in [-0.2, 0) is 9.53 Å². The lowest BCUT2D eigenvalue weighted by Crippen LogP contribution is -2.38. The number of amides is 1. The van der Waals surface area contributed by atoms with Crippen LogP contribution in [0.15, 0.2) is 12.1 Å². The number of hydrogen-bond acceptors (Lipinski definition) is 5. The molecular weight excluding hydrogens is 326 g/mol. The Balaban J connectivity index is 3.23. The summed E-state index contributed by atoms with van der Waals surface area (Å²) in [7, 11) is 2.76. The van der Waals surface area contributed by atoms with Crippen molar-refractivity contribution in [3.8, 4) is 11.5 Å². The van der Waals surface area contributed by atoms with Crippen LogP contribution in [0.3, 0.4) is 0 Å². The minimum absolute atomic E-state index is 0.148. The highest BCUT2D eigenvalue weighted by atomic mass is 35.5. The van der Waals surface area contributed by atoms with E-state index in [1.165, 1.54) is 26.4 Å². The van der Waals surface area contributed by atoms with Crippen molar-refractivity contribution in [3.05, 3.63) is 22.7 Å². The van der Waals surface area contributed by atoms with Gasteiger partial charge in [0.2, 0.25) is 0 Å². The predicted octanol–water partition coefficient (Wildman–Crippen LogP) is 3.01. The molecule has 0 aliphatic heterocycles. The largest absolute Gasteiger partial charge is 0.493 e. The molecule has 1 aromatic carbocycles. The highest BCUT2D eigenvalue weighted by Gasteiger charge is 2.29. The van der Waals surface area contributed by atoms with E-state index in [1.54, 1.807) is 20.8 Å². The van der Waals surface area contributed by atoms with Crippen molar-refractivity contribution >= 4 is 23.7 Å². The van der Waals surface area contributed by atoms with Crippen LogP contribution in [0.4, 0.5) is 4.79 Å². The van der Waals surface area contributed by atoms with Gasteiger partial charge in [0, 0.05) is 16.7 Å². The van der Waals surface area contributed by atoms with Crippen molar-refractivity contribution in [3.63, 3.8) is 0 Å². The second-order valence-electron chi connectivity index (χ2n) is 5.65. The lowest BCUT2D eigenvalue weighted by molar-refractivity contribution is -0.139. The fourth-order valence-corrected chi connectivity index (χ4v) is 2.09. The standard InChI is InChI=1S/C15H20ClNO6/c1-15(2,3)23-14(20)17-11(13(18)19)9-6-8(16)7-10(21-4)12(9)22-5/h6-7,11H,1-5H3,(H,17,20)(H,18,19). The minimum Gasteiger partial charge on any atom is -0.493 e. The van der Waals surface area contributed by atoms with Crippen LogP contribution in [0.2, 0.25) is 5.02 Å². The van der Waals surface area contributed by atoms with Gasteiger partial charge < -0.3 is 24.6 Å². The number of carboxylic acids is 1. The number of hydrogen-bond donors (Lipinski definition) is 2. The highest BCUT2D eigenvalue weighted by Crippen LogP contribution is 2.38. The first-order chi connectivity index (χ1) is 10.6. The molecule has 0 bridgehead atoms. The monoisotopic (exact) mass is 345 g/mol. The summed E-state index contributed by atoms with van der Waals surface area (Å²) in [5.41, 5.74) is -0.612. The van der Waals surface area contributed by atoms with Crippen molar-refractivity contribution in [1.82, 2.24) is 5.32 Å². The second-order valence-corrected chi connectivity index (χ2v) is 6.08. The van der Waals surface area contributed by atoms with Crippen molar-refractivity contribution in [2.45, 2.75) is 32.4 Å². The molecule has 0 saturated heterocycles. The summed E-state index contributed by atoms with van der Waals surface area (Å²) in [5.74, 6) is -0.869. The number of methoxy groups -OCH3 is 2. The van der Waals surface area contributed by atoms with Gasteiger partial charge in [-0.15, -0.1) is 0 Å². The van der Waals surface area contributed by atoms with Gasteiger partial charge in [-0.1, -0.05) is 11.6 Å². The Morgan fingerprint density at radius 1 is 1.22 bits per heavy atom. The van der Waals surface area contributed by atoms with Gasteiger partial charge >= 0.3 is 12.1 Å². The van der Waals surface area contributed by atoms with E-state index >= 15 is 0 Å². The molecule has 128 valence electrons. The molecule has 0 spiro atoms. The molecule has 1 aromatic rings. The lowest BCUT2D eigenvalue weighted by atomic mass is 10.1. The molecule has 7 nitrogen and oxygen atoms in total. The zero-order valence-corrected chi connectivity index (χ0v) is 14.4. The van der Waals surface area contributed by atoms with E-state index in [1.807, 2.05) is 0 Å². The summed E-state index contributed by atoms with van der Waals surface area (Å²) in [6.45, 7) is 5.02. The Kier molecular flexibility index (Phi) is 6.09. The third-order valence-corrected chi connectivity index (χ3v) is 2.91. The highest BCUT2D eigenvalue weighted by molar-refractivity contribution is 6.30. The van der Waals surface area contributed by atoms with E-state index in [0.717, 1.165) is 0 Å². The molecule has 1 unspecified atom stereocenters. The Bertz CT molecular complexity index is 596. The van der Waals surface area contributed by atoms with Gasteiger partial charge in [0.15, 0.2) is 17.5 Å². The maximum absolute atomic E-state index is 11.9. The smallest absolute Gasteiger partial charge is 0.408 e. The number of halogens is 1. The van der Waals surface area contributed by atoms with Gasteiger partial charge in [0.05, 0.1) is 14.2 Å². The van der Waals surface area contributed by atoms with E-state index < -0.39 is 23.7 Å². The number of benzene rings is 1. The molecule has 0 heterocycles. The summed E-state index contributed by atoms with van der Waals surface area (Å²) < 4.78 is 15.4. The van der Waals surface area contributed by atoms with Crippen LogP contribution in [0.25, 0.3) is 0 Å². The molecule has 0 fully saturated rings. The quantitative estimate of drug-likeness (QED) is 0.852. The fourth-order valence-electron chi connectivity index (χ4n) is 1.87. The second kappa shape index (κ2) is 7.41. The topological polar surface area (TPSA) is 94.1 Å². The molecule has 0 aliphatic carbocycles. The zero-order chi connectivity index (χ0) is 17.8. The first-order valence-corrected chi connectivity index (χ1v) is 7.10. The third kappa shape index (κ3) is 5.21. The number of rotatable bonds is 5. The number of ether oxygens (including phenoxy) is 3. The van der Waals surface area contributed by atoms with Crippen molar-refractivity contribution in [2.24, 2.45) is 0 Å². The van der Waals surface area contributed by atoms with Crippen molar-refractivity contribution in [2.75, 3.05) is 14.2 Å². The first-order valence-electron chi connectivity index (χ1n) is 6.72. The van der Waals surface area contributed by atoms with E-state index in [4.69, 9.17) is 25.8 Å². The lowest BCUT2D eigenvalue weighted by Gasteiger charge is -2.23. The van der Waals surface area contributed by atoms with Gasteiger partial charge in [-0.05, 0) is 26.8 Å². The van der Waals surface area contributed by atoms with Gasteiger partial charge in [-0.25, -0.2) is 9.59 Å². The summed E-state index contributed by atoms with van der Waals surface area (Å²) in [6, 6.07) is 1.46. The number of carbonyl (C=O) groups is 2. The fraction of sp³-hybridized carbons (Fsp3) is 0.467. The van der Waals surface area contributed by atoms with Gasteiger partial charge in [0.25, 0.3) is 0 Å². The van der Waals surface area contributed by atoms with Gasteiger partial charge in [0.1, 0.15) is 5.60 Å². The molecule has 1 rings (SSSR count). The molecule has 1 atom stereocenters. The Morgan fingerprint density at radius 3 is 2.26 bits per heavy atom. The summed E-state index contributed by atoms with van der Waals surface area (Å²) in [6.07, 6.45) is -0.870. The van der Waals surface area contributed by atoms with Gasteiger partial charge in [-0.3, -0.25) is 0 Å². The van der Waals surface area contributed by atoms with Crippen LogP contribution in [0, 0.1) is 0 Å². The zero-order valence-electron chi connectivity index (χ0n) is 13.6. The summed E-state index contributed by atoms with van der Waals surface area (Å²) in [4.78, 5) is 23.5. The number of aliphatic carboxylic acids is 1. The first kappa shape index (κ1) is 18.9. The Hall–Kier alpha value is -2.15. The average molecular weight is 346 g/mol. The van der Waals surface area contributed by atoms with Crippen LogP contribution in [0.5, 0.6) is 11.5 Å². The van der Waals surface area contributed by atoms with E-state index in [2.05, 4.69) is 5.32 Å². The number of carbonyl (C=O) groups excluding carboxylic acids is 1. The predicted molar refractivity (Wildman–Crippen MR) is 84.3 cm³/mol. The normalized spacial score (nSPS) is 12.3. The Labute approximate surface area is 139 Å². The summed E-state index contributed by atoms with van der Waals surface area (Å²) >= 11 is 5.98. The maximum atomic E-state index is 11.9. The van der Waals surface area contributed by atoms with Crippen LogP contribution in [0.1, 0.15) is 32.4 Å². The molecule has 2 N–H and O–H groups in total. The van der Waals surface area contributed by atoms with E-state index in [9.17, 15) is 14.7 Å². The third-order valence-electron chi connectivity index (χ3n) is 2.69. The molecule has 0 radical (unpaired) electrons. The van der Waals surface area contributed by atoms with Crippen molar-refractivity contribution < 1.29 is 28.9 Å². The molecular formula is C15H20ClNO6. The number of alkyl carbamates (subject to hydrolysis) is 1. The molecule has 0 saturated carbocycles. The SMILES string of the molecule is COc1cc(Cl)cc(C(NC(=O)OC(C)(C)C)C(=O)O)c1OC. The Morgan fingerprint density at radius 2 is 1.83 bits per heavy atom. The average Bonchev–Trinajstić information content (AvgIpc) is 2.41. The molecule has 8 heteroatoms. The van der Waals surface area contributed by atoms with Crippen LogP contribution < -0.4 is 14.8 Å². The molecule has 0 aromatic heterocycles. The number of nitrogens with one attached hydrogen (secondary N) is 1. The van der Waals surface area contributed by atoms with E-state index in [-0.39, 0.29) is 22.1 Å². The maximum Gasteiger partial charge on any atom is 0.408 e.